The predicted octanol–water partition coefficient (Wildman–Crippen LogP) is 6.60. The fraction of sp³-hybridized carbons (Fsp3) is 0.333. The number of esters is 2. The summed E-state index contributed by atoms with van der Waals surface area (Å²) in [5.74, 6) is -1.44. The maximum absolute atomic E-state index is 13.3. The second kappa shape index (κ2) is 11.8. The summed E-state index contributed by atoms with van der Waals surface area (Å²) < 4.78 is 17.4. The predicted molar refractivity (Wildman–Crippen MR) is 169 cm³/mol. The lowest BCUT2D eigenvalue weighted by Gasteiger charge is -2.26. The molecule has 1 heterocycles. The van der Waals surface area contributed by atoms with Crippen LogP contribution in [0.5, 0.6) is 11.5 Å². The molecule has 5 rings (SSSR count). The summed E-state index contributed by atoms with van der Waals surface area (Å²) in [4.78, 5) is 54.0. The number of benzene rings is 4. The minimum Gasteiger partial charge on any atom is -0.425 e. The van der Waals surface area contributed by atoms with Gasteiger partial charge in [-0.25, -0.2) is 0 Å². The molecule has 44 heavy (non-hydrogen) atoms. The van der Waals surface area contributed by atoms with Crippen LogP contribution in [0.2, 0.25) is 0 Å². The maximum Gasteiger partial charge on any atom is 0.316 e. The van der Waals surface area contributed by atoms with Crippen LogP contribution >= 0.6 is 0 Å². The van der Waals surface area contributed by atoms with E-state index >= 15 is 0 Å². The lowest BCUT2D eigenvalue weighted by atomic mass is 9.90. The lowest BCUT2D eigenvalue weighted by Crippen LogP contribution is -2.44. The molecule has 4 aromatic carbocycles. The van der Waals surface area contributed by atoms with Crippen molar-refractivity contribution in [3.63, 3.8) is 0 Å². The molecule has 8 nitrogen and oxygen atoms in total. The Hall–Kier alpha value is -4.56. The van der Waals surface area contributed by atoms with E-state index < -0.39 is 34.5 Å². The van der Waals surface area contributed by atoms with E-state index in [0.29, 0.717) is 54.0 Å². The number of nitrogens with zero attached hydrogens (tertiary/aromatic N) is 1. The SMILES string of the molecule is CC(C)(C)C(=O)Oc1ccc2ccccc2c1-c1c(OC(=O)C(C)(C)C)ccc2cc(C(=O)C(=O)N3CCOCC3)ccc12. The summed E-state index contributed by atoms with van der Waals surface area (Å²) in [6.45, 7) is 12.2. The van der Waals surface area contributed by atoms with Gasteiger partial charge < -0.3 is 19.1 Å². The number of carbonyl (C=O) groups excluding carboxylic acids is 4. The van der Waals surface area contributed by atoms with Gasteiger partial charge in [-0.3, -0.25) is 19.2 Å². The molecular formula is C36H37NO7. The lowest BCUT2D eigenvalue weighted by molar-refractivity contribution is -0.143. The highest BCUT2D eigenvalue weighted by atomic mass is 16.5. The molecule has 228 valence electrons. The van der Waals surface area contributed by atoms with Gasteiger partial charge in [-0.2, -0.15) is 0 Å². The quantitative estimate of drug-likeness (QED) is 0.111. The molecule has 1 aliphatic heterocycles. The summed E-state index contributed by atoms with van der Waals surface area (Å²) in [5, 5.41) is 2.99. The van der Waals surface area contributed by atoms with Crippen LogP contribution in [-0.4, -0.2) is 54.8 Å². The van der Waals surface area contributed by atoms with Crippen molar-refractivity contribution < 1.29 is 33.4 Å². The Bertz CT molecular complexity index is 1790. The Balaban J connectivity index is 1.73. The van der Waals surface area contributed by atoms with E-state index in [4.69, 9.17) is 14.2 Å². The first-order valence-corrected chi connectivity index (χ1v) is 14.7. The second-order valence-electron chi connectivity index (χ2n) is 13.0. The number of hydrogen-bond acceptors (Lipinski definition) is 7. The van der Waals surface area contributed by atoms with Crippen LogP contribution in [0.3, 0.4) is 0 Å². The molecule has 1 amide bonds. The molecule has 0 atom stereocenters. The van der Waals surface area contributed by atoms with Crippen LogP contribution in [0.4, 0.5) is 0 Å². The van der Waals surface area contributed by atoms with E-state index in [-0.39, 0.29) is 11.3 Å². The first-order chi connectivity index (χ1) is 20.8. The first-order valence-electron chi connectivity index (χ1n) is 14.7. The van der Waals surface area contributed by atoms with Gasteiger partial charge in [0.15, 0.2) is 0 Å². The van der Waals surface area contributed by atoms with Crippen molar-refractivity contribution in [3.8, 4) is 22.6 Å². The molecule has 0 saturated carbocycles. The smallest absolute Gasteiger partial charge is 0.316 e. The summed E-state index contributed by atoms with van der Waals surface area (Å²) in [6.07, 6.45) is 0. The molecule has 0 N–H and O–H groups in total. The molecule has 1 fully saturated rings. The minimum absolute atomic E-state index is 0.247. The molecule has 4 aromatic rings. The topological polar surface area (TPSA) is 99.2 Å². The molecule has 0 spiro atoms. The Labute approximate surface area is 256 Å². The zero-order valence-electron chi connectivity index (χ0n) is 26.0. The molecule has 1 saturated heterocycles. The van der Waals surface area contributed by atoms with E-state index in [1.54, 1.807) is 77.9 Å². The summed E-state index contributed by atoms with van der Waals surface area (Å²) in [5.41, 5.74) is -0.205. The van der Waals surface area contributed by atoms with Crippen molar-refractivity contribution in [1.29, 1.82) is 0 Å². The minimum atomic E-state index is -0.789. The number of hydrogen-bond donors (Lipinski definition) is 0. The molecule has 8 heteroatoms. The number of ether oxygens (including phenoxy) is 3. The monoisotopic (exact) mass is 595 g/mol. The fourth-order valence-electron chi connectivity index (χ4n) is 4.93. The average molecular weight is 596 g/mol. The van der Waals surface area contributed by atoms with E-state index in [1.165, 1.54) is 4.90 Å². The van der Waals surface area contributed by atoms with Crippen molar-refractivity contribution in [2.24, 2.45) is 10.8 Å². The zero-order valence-corrected chi connectivity index (χ0v) is 26.0. The Morgan fingerprint density at radius 3 is 1.75 bits per heavy atom. The largest absolute Gasteiger partial charge is 0.425 e. The normalized spacial score (nSPS) is 14.0. The third-order valence-corrected chi connectivity index (χ3v) is 7.51. The third-order valence-electron chi connectivity index (χ3n) is 7.51. The Morgan fingerprint density at radius 2 is 1.18 bits per heavy atom. The summed E-state index contributed by atoms with van der Waals surface area (Å²) >= 11 is 0. The highest BCUT2D eigenvalue weighted by Gasteiger charge is 2.30. The number of fused-ring (bicyclic) bond motifs is 2. The highest BCUT2D eigenvalue weighted by Crippen LogP contribution is 2.46. The van der Waals surface area contributed by atoms with E-state index in [0.717, 1.165) is 10.8 Å². The maximum atomic E-state index is 13.3. The van der Waals surface area contributed by atoms with Crippen LogP contribution in [0.25, 0.3) is 32.7 Å². The van der Waals surface area contributed by atoms with Gasteiger partial charge in [-0.1, -0.05) is 48.5 Å². The van der Waals surface area contributed by atoms with Crippen LogP contribution < -0.4 is 9.47 Å². The van der Waals surface area contributed by atoms with Crippen molar-refractivity contribution in [3.05, 3.63) is 72.3 Å². The van der Waals surface area contributed by atoms with Crippen molar-refractivity contribution >= 4 is 45.2 Å². The third kappa shape index (κ3) is 6.21. The van der Waals surface area contributed by atoms with Crippen LogP contribution in [0, 0.1) is 10.8 Å². The van der Waals surface area contributed by atoms with Gasteiger partial charge in [-0.05, 0) is 81.3 Å². The molecule has 1 aliphatic rings. The van der Waals surface area contributed by atoms with Crippen LogP contribution in [-0.2, 0) is 19.1 Å². The average Bonchev–Trinajstić information content (AvgIpc) is 2.99. The first kappa shape index (κ1) is 30.9. The van der Waals surface area contributed by atoms with Crippen molar-refractivity contribution in [2.75, 3.05) is 26.3 Å². The summed E-state index contributed by atoms with van der Waals surface area (Å²) in [7, 11) is 0. The van der Waals surface area contributed by atoms with Crippen LogP contribution in [0.15, 0.2) is 66.7 Å². The molecule has 0 aliphatic carbocycles. The van der Waals surface area contributed by atoms with Gasteiger partial charge in [0.2, 0.25) is 5.78 Å². The van der Waals surface area contributed by atoms with Gasteiger partial charge in [0.05, 0.1) is 24.0 Å². The van der Waals surface area contributed by atoms with Crippen molar-refractivity contribution in [2.45, 2.75) is 41.5 Å². The number of ketones is 1. The van der Waals surface area contributed by atoms with Gasteiger partial charge in [0, 0.05) is 29.8 Å². The number of morpholine rings is 1. The fourth-order valence-corrected chi connectivity index (χ4v) is 4.93. The number of rotatable bonds is 5. The van der Waals surface area contributed by atoms with Gasteiger partial charge in [0.1, 0.15) is 11.5 Å². The second-order valence-corrected chi connectivity index (χ2v) is 13.0. The molecule has 0 unspecified atom stereocenters. The van der Waals surface area contributed by atoms with Gasteiger partial charge >= 0.3 is 11.9 Å². The zero-order chi connectivity index (χ0) is 31.8. The number of Topliss-reactive ketones (excluding diaryl/α,β-unsaturated/α-hetero) is 1. The number of amides is 1. The Morgan fingerprint density at radius 1 is 0.659 bits per heavy atom. The van der Waals surface area contributed by atoms with E-state index in [9.17, 15) is 19.2 Å². The van der Waals surface area contributed by atoms with Gasteiger partial charge in [-0.15, -0.1) is 0 Å². The van der Waals surface area contributed by atoms with E-state index in [1.807, 2.05) is 30.3 Å². The molecular weight excluding hydrogens is 558 g/mol. The number of carbonyl (C=O) groups is 4. The van der Waals surface area contributed by atoms with Gasteiger partial charge in [0.25, 0.3) is 5.91 Å². The molecule has 0 bridgehead atoms. The standard InChI is InChI=1S/C36H37NO7/c1-35(2,3)33(40)43-27-15-12-22-9-7-8-10-25(22)29(27)30-26-14-11-24(31(38)32(39)37-17-19-42-20-18-37)21-23(26)13-16-28(30)44-34(41)36(4,5)6/h7-16,21H,17-20H2,1-6H3. The van der Waals surface area contributed by atoms with Crippen LogP contribution in [0.1, 0.15) is 51.9 Å². The molecule has 0 radical (unpaired) electrons. The van der Waals surface area contributed by atoms with E-state index in [2.05, 4.69) is 0 Å². The Kier molecular flexibility index (Phi) is 8.32. The summed E-state index contributed by atoms with van der Waals surface area (Å²) in [6, 6.07) is 19.8. The molecule has 0 aromatic heterocycles. The van der Waals surface area contributed by atoms with Crippen molar-refractivity contribution in [1.82, 2.24) is 4.90 Å². The highest BCUT2D eigenvalue weighted by molar-refractivity contribution is 6.43.